The van der Waals surface area contributed by atoms with Gasteiger partial charge in [-0.05, 0) is 42.7 Å². The number of unbranched alkanes of at least 4 members (excludes halogenated alkanes) is 1. The Bertz CT molecular complexity index is 741. The summed E-state index contributed by atoms with van der Waals surface area (Å²) in [6, 6.07) is 14.7. The molecule has 0 saturated heterocycles. The van der Waals surface area contributed by atoms with Gasteiger partial charge in [0.15, 0.2) is 5.83 Å². The highest BCUT2D eigenvalue weighted by Gasteiger charge is 2.08. The minimum Gasteiger partial charge on any atom is -0.209 e. The van der Waals surface area contributed by atoms with Crippen molar-refractivity contribution >= 4 is 5.83 Å². The molecule has 0 aliphatic rings. The van der Waals surface area contributed by atoms with Crippen LogP contribution in [0.15, 0.2) is 54.4 Å². The molecule has 0 saturated carbocycles. The number of rotatable bonds is 5. The summed E-state index contributed by atoms with van der Waals surface area (Å²) in [5.74, 6) is 4.69. The van der Waals surface area contributed by atoms with E-state index in [9.17, 15) is 8.78 Å². The van der Waals surface area contributed by atoms with Crippen molar-refractivity contribution in [3.63, 3.8) is 0 Å². The van der Waals surface area contributed by atoms with E-state index in [1.807, 2.05) is 19.1 Å². The maximum absolute atomic E-state index is 14.0. The average Bonchev–Trinajstić information content (AvgIpc) is 2.64. The molecule has 2 rings (SSSR count). The Morgan fingerprint density at radius 3 is 1.88 bits per heavy atom. The van der Waals surface area contributed by atoms with E-state index in [0.717, 1.165) is 24.0 Å². The summed E-state index contributed by atoms with van der Waals surface area (Å²) in [5.41, 5.74) is 3.26. The molecule has 0 nitrogen and oxygen atoms in total. The monoisotopic (exact) mass is 324 g/mol. The predicted octanol–water partition coefficient (Wildman–Crippen LogP) is 6.45. The predicted molar refractivity (Wildman–Crippen MR) is 96.9 cm³/mol. The van der Waals surface area contributed by atoms with Gasteiger partial charge in [0.2, 0.25) is 0 Å². The highest BCUT2D eigenvalue weighted by molar-refractivity contribution is 5.62. The lowest BCUT2D eigenvalue weighted by atomic mass is 10.1. The molecule has 0 aliphatic heterocycles. The second-order valence-electron chi connectivity index (χ2n) is 5.70. The normalized spacial score (nSPS) is 11.5. The Hall–Kier alpha value is -2.40. The molecule has 0 heterocycles. The number of halogens is 2. The van der Waals surface area contributed by atoms with Gasteiger partial charge in [-0.1, -0.05) is 56.4 Å². The van der Waals surface area contributed by atoms with Gasteiger partial charge in [-0.25, -0.2) is 8.78 Å². The second-order valence-corrected chi connectivity index (χ2v) is 5.70. The van der Waals surface area contributed by atoms with Gasteiger partial charge in [0.05, 0.1) is 0 Å². The number of hydrogen-bond donors (Lipinski definition) is 0. The van der Waals surface area contributed by atoms with Crippen LogP contribution in [0.3, 0.4) is 0 Å². The van der Waals surface area contributed by atoms with Crippen LogP contribution in [0.1, 0.15) is 55.4 Å². The highest BCUT2D eigenvalue weighted by Crippen LogP contribution is 2.24. The Labute approximate surface area is 143 Å². The maximum Gasteiger partial charge on any atom is 0.161 e. The summed E-state index contributed by atoms with van der Waals surface area (Å²) in [6.07, 6.45) is 2.65. The van der Waals surface area contributed by atoms with Gasteiger partial charge in [-0.15, -0.1) is 0 Å². The smallest absolute Gasteiger partial charge is 0.161 e. The van der Waals surface area contributed by atoms with Crippen molar-refractivity contribution in [1.29, 1.82) is 0 Å². The minimum absolute atomic E-state index is 0.150. The number of allylic oxidation sites excluding steroid dienone is 1. The third kappa shape index (κ3) is 5.06. The van der Waals surface area contributed by atoms with E-state index >= 15 is 0 Å². The standard InChI is InChI=1S/C22H22F2/c1-3-5-6-21(23)22(24)20-15-13-19(14-16-20)12-11-18-9-7-17(4-2)8-10-18/h7-10,13-16H,3-6H2,1-2H3/b22-21+. The van der Waals surface area contributed by atoms with Crippen molar-refractivity contribution < 1.29 is 8.78 Å². The molecule has 0 aliphatic carbocycles. The van der Waals surface area contributed by atoms with Crippen LogP contribution in [0.25, 0.3) is 5.83 Å². The fraction of sp³-hybridized carbons (Fsp3) is 0.273. The lowest BCUT2D eigenvalue weighted by Crippen LogP contribution is -1.85. The van der Waals surface area contributed by atoms with Crippen molar-refractivity contribution in [2.24, 2.45) is 0 Å². The first kappa shape index (κ1) is 17.9. The third-order valence-electron chi connectivity index (χ3n) is 3.84. The third-order valence-corrected chi connectivity index (χ3v) is 3.84. The van der Waals surface area contributed by atoms with Crippen LogP contribution in [0.4, 0.5) is 8.78 Å². The maximum atomic E-state index is 14.0. The topological polar surface area (TPSA) is 0 Å². The van der Waals surface area contributed by atoms with E-state index in [1.54, 1.807) is 24.3 Å². The number of hydrogen-bond acceptors (Lipinski definition) is 0. The van der Waals surface area contributed by atoms with Gasteiger partial charge in [0.1, 0.15) is 5.83 Å². The Morgan fingerprint density at radius 1 is 0.833 bits per heavy atom. The summed E-state index contributed by atoms with van der Waals surface area (Å²) in [6.45, 7) is 4.06. The fourth-order valence-corrected chi connectivity index (χ4v) is 2.27. The lowest BCUT2D eigenvalue weighted by molar-refractivity contribution is 0.548. The molecule has 2 heteroatoms. The second kappa shape index (κ2) is 9.03. The Balaban J connectivity index is 2.11. The molecule has 0 radical (unpaired) electrons. The zero-order valence-corrected chi connectivity index (χ0v) is 14.2. The van der Waals surface area contributed by atoms with E-state index in [2.05, 4.69) is 30.9 Å². The molecule has 124 valence electrons. The molecule has 0 unspecified atom stereocenters. The van der Waals surface area contributed by atoms with E-state index in [4.69, 9.17) is 0 Å². The molecule has 2 aromatic rings. The Morgan fingerprint density at radius 2 is 1.38 bits per heavy atom. The molecule has 0 spiro atoms. The van der Waals surface area contributed by atoms with Crippen molar-refractivity contribution in [3.8, 4) is 11.8 Å². The molecular formula is C22H22F2. The molecule has 0 aromatic heterocycles. The van der Waals surface area contributed by atoms with Crippen molar-refractivity contribution in [3.05, 3.63) is 76.6 Å². The summed E-state index contributed by atoms with van der Waals surface area (Å²) in [7, 11) is 0. The van der Waals surface area contributed by atoms with Crippen LogP contribution in [-0.4, -0.2) is 0 Å². The molecule has 24 heavy (non-hydrogen) atoms. The van der Waals surface area contributed by atoms with Crippen LogP contribution >= 0.6 is 0 Å². The van der Waals surface area contributed by atoms with Gasteiger partial charge >= 0.3 is 0 Å². The first-order valence-corrected chi connectivity index (χ1v) is 8.39. The molecule has 0 amide bonds. The number of benzene rings is 2. The van der Waals surface area contributed by atoms with E-state index in [0.29, 0.717) is 6.42 Å². The molecule has 0 N–H and O–H groups in total. The summed E-state index contributed by atoms with van der Waals surface area (Å²) < 4.78 is 27.7. The zero-order chi connectivity index (χ0) is 17.4. The average molecular weight is 324 g/mol. The van der Waals surface area contributed by atoms with Crippen LogP contribution < -0.4 is 0 Å². The van der Waals surface area contributed by atoms with Gasteiger partial charge in [-0.2, -0.15) is 0 Å². The molecule has 0 fully saturated rings. The number of aryl methyl sites for hydroxylation is 1. The largest absolute Gasteiger partial charge is 0.209 e. The lowest BCUT2D eigenvalue weighted by Gasteiger charge is -2.01. The minimum atomic E-state index is -0.766. The van der Waals surface area contributed by atoms with E-state index in [1.165, 1.54) is 5.56 Å². The molecule has 0 bridgehead atoms. The van der Waals surface area contributed by atoms with Crippen LogP contribution in [0.2, 0.25) is 0 Å². The van der Waals surface area contributed by atoms with Crippen LogP contribution in [-0.2, 0) is 6.42 Å². The summed E-state index contributed by atoms with van der Waals surface area (Å²) in [5, 5.41) is 0. The quantitative estimate of drug-likeness (QED) is 0.555. The van der Waals surface area contributed by atoms with Crippen molar-refractivity contribution in [1.82, 2.24) is 0 Å². The van der Waals surface area contributed by atoms with E-state index < -0.39 is 11.7 Å². The SMILES string of the molecule is CCCC/C(F)=C(\F)c1ccc(C#Cc2ccc(CC)cc2)cc1. The Kier molecular flexibility index (Phi) is 6.75. The van der Waals surface area contributed by atoms with Crippen molar-refractivity contribution in [2.45, 2.75) is 39.5 Å². The molecule has 0 atom stereocenters. The zero-order valence-electron chi connectivity index (χ0n) is 14.2. The van der Waals surface area contributed by atoms with Crippen LogP contribution in [0.5, 0.6) is 0 Å². The van der Waals surface area contributed by atoms with Crippen LogP contribution in [0, 0.1) is 11.8 Å². The molecular weight excluding hydrogens is 302 g/mol. The summed E-state index contributed by atoms with van der Waals surface area (Å²) in [4.78, 5) is 0. The van der Waals surface area contributed by atoms with E-state index in [-0.39, 0.29) is 12.0 Å². The first-order chi connectivity index (χ1) is 11.6. The fourth-order valence-electron chi connectivity index (χ4n) is 2.27. The first-order valence-electron chi connectivity index (χ1n) is 8.39. The van der Waals surface area contributed by atoms with Gasteiger partial charge < -0.3 is 0 Å². The van der Waals surface area contributed by atoms with Gasteiger partial charge in [-0.3, -0.25) is 0 Å². The molecule has 2 aromatic carbocycles. The van der Waals surface area contributed by atoms with Gasteiger partial charge in [0, 0.05) is 23.1 Å². The summed E-state index contributed by atoms with van der Waals surface area (Å²) >= 11 is 0. The highest BCUT2D eigenvalue weighted by atomic mass is 19.2. The van der Waals surface area contributed by atoms with Crippen molar-refractivity contribution in [2.75, 3.05) is 0 Å². The van der Waals surface area contributed by atoms with Gasteiger partial charge in [0.25, 0.3) is 0 Å².